The molecule has 2 amide bonds. The number of aromatic nitrogens is 2. The molecule has 2 aromatic carbocycles. The molecule has 0 radical (unpaired) electrons. The fourth-order valence-electron chi connectivity index (χ4n) is 4.43. The molecule has 3 N–H and O–H groups in total. The summed E-state index contributed by atoms with van der Waals surface area (Å²) in [4.78, 5) is 33.8. The van der Waals surface area contributed by atoms with Crippen molar-refractivity contribution in [2.24, 2.45) is 0 Å². The average Bonchev–Trinajstić information content (AvgIpc) is 3.63. The zero-order chi connectivity index (χ0) is 28.4. The molecule has 4 aromatic rings. The average molecular weight is 578 g/mol. The molecule has 1 aliphatic rings. The minimum absolute atomic E-state index is 0.00823. The summed E-state index contributed by atoms with van der Waals surface area (Å²) in [5.41, 5.74) is 2.27. The van der Waals surface area contributed by atoms with Gasteiger partial charge in [0.15, 0.2) is 9.90 Å². The summed E-state index contributed by atoms with van der Waals surface area (Å²) in [7, 11) is -3.84. The normalized spacial score (nSPS) is 16.1. The molecular formula is C27H22FN6O4S2+. The van der Waals surface area contributed by atoms with Crippen LogP contribution in [0.3, 0.4) is 0 Å². The highest BCUT2D eigenvalue weighted by molar-refractivity contribution is 7.87. The number of rotatable bonds is 7. The second kappa shape index (κ2) is 10.9. The van der Waals surface area contributed by atoms with Crippen molar-refractivity contribution in [3.8, 4) is 6.07 Å². The summed E-state index contributed by atoms with van der Waals surface area (Å²) in [5.74, 6) is -1.52. The highest BCUT2D eigenvalue weighted by atomic mass is 32.2. The zero-order valence-corrected chi connectivity index (χ0v) is 22.6. The van der Waals surface area contributed by atoms with Crippen molar-refractivity contribution < 1.29 is 26.7 Å². The molecule has 13 heteroatoms. The van der Waals surface area contributed by atoms with Crippen LogP contribution < -0.4 is 14.9 Å². The van der Waals surface area contributed by atoms with E-state index in [1.54, 1.807) is 42.6 Å². The van der Waals surface area contributed by atoms with E-state index in [1.807, 2.05) is 6.07 Å². The predicted octanol–water partition coefficient (Wildman–Crippen LogP) is 2.18. The van der Waals surface area contributed by atoms with Crippen molar-refractivity contribution in [2.45, 2.75) is 23.7 Å². The number of thiophene rings is 1. The molecule has 0 spiro atoms. The van der Waals surface area contributed by atoms with Crippen LogP contribution in [0, 0.1) is 24.1 Å². The second-order valence-corrected chi connectivity index (χ2v) is 12.2. The predicted molar refractivity (Wildman–Crippen MR) is 143 cm³/mol. The smallest absolute Gasteiger partial charge is 0.340 e. The molecule has 2 atom stereocenters. The number of amides is 2. The standard InChI is InChI=1S/C27H21FN6O4S2/c1-16-9-18(5-7-20(16)28)13-30-26(35)21-11-22(32-15-31-21)27(36)33-23-14-34(40(37,38)25-3-2-8-39-25)24-10-17(12-29)4-6-19(23)24/h2-11,15,23H,13-14H2,1H3,(H,30,35)(H,33,36)/p+1. The van der Waals surface area contributed by atoms with Crippen molar-refractivity contribution in [1.29, 1.82) is 5.26 Å². The Hall–Kier alpha value is -4.51. The number of carbonyl (C=O) groups excluding carboxylic acids is 2. The molecule has 1 aliphatic heterocycles. The number of fused-ring (bicyclic) bond motifs is 1. The van der Waals surface area contributed by atoms with Gasteiger partial charge in [-0.05, 0) is 53.8 Å². The van der Waals surface area contributed by atoms with E-state index >= 15 is 0 Å². The lowest BCUT2D eigenvalue weighted by Crippen LogP contribution is -3.08. The van der Waals surface area contributed by atoms with Crippen LogP contribution in [0.2, 0.25) is 0 Å². The number of nitrogens with one attached hydrogen (secondary N) is 3. The molecular weight excluding hydrogens is 555 g/mol. The summed E-state index contributed by atoms with van der Waals surface area (Å²) in [6.07, 6.45) is 1.09. The third-order valence-electron chi connectivity index (χ3n) is 6.45. The summed E-state index contributed by atoms with van der Waals surface area (Å²) in [6, 6.07) is 14.9. The molecule has 0 saturated carbocycles. The number of aryl methyl sites for hydroxylation is 1. The van der Waals surface area contributed by atoms with Gasteiger partial charge in [-0.3, -0.25) is 9.59 Å². The first-order valence-electron chi connectivity index (χ1n) is 12.0. The van der Waals surface area contributed by atoms with Crippen molar-refractivity contribution in [2.75, 3.05) is 6.54 Å². The molecule has 2 aromatic heterocycles. The van der Waals surface area contributed by atoms with Gasteiger partial charge >= 0.3 is 10.0 Å². The maximum absolute atomic E-state index is 13.5. The Kier molecular flexibility index (Phi) is 7.40. The summed E-state index contributed by atoms with van der Waals surface area (Å²) >= 11 is 1.09. The number of sulfonamides is 1. The fourth-order valence-corrected chi connectivity index (χ4v) is 7.20. The first-order chi connectivity index (χ1) is 19.2. The quantitative estimate of drug-likeness (QED) is 0.305. The lowest BCUT2D eigenvalue weighted by Gasteiger charge is -2.14. The van der Waals surface area contributed by atoms with E-state index in [2.05, 4.69) is 20.6 Å². The Morgan fingerprint density at radius 3 is 2.60 bits per heavy atom. The Bertz CT molecular complexity index is 1770. The largest absolute Gasteiger partial charge is 0.347 e. The number of nitrogens with zero attached hydrogens (tertiary/aromatic N) is 3. The molecule has 5 rings (SSSR count). The highest BCUT2D eigenvalue weighted by Gasteiger charge is 2.43. The van der Waals surface area contributed by atoms with Crippen molar-refractivity contribution in [3.63, 3.8) is 0 Å². The molecule has 3 heterocycles. The van der Waals surface area contributed by atoms with Gasteiger partial charge in [-0.2, -0.15) is 18.0 Å². The minimum atomic E-state index is -3.84. The maximum Gasteiger partial charge on any atom is 0.340 e. The van der Waals surface area contributed by atoms with E-state index in [0.29, 0.717) is 27.9 Å². The number of halogens is 1. The number of hydrogen-bond donors (Lipinski definition) is 3. The van der Waals surface area contributed by atoms with Crippen LogP contribution in [0.1, 0.15) is 49.3 Å². The molecule has 0 saturated heterocycles. The number of benzene rings is 2. The van der Waals surface area contributed by atoms with Crippen LogP contribution in [0.25, 0.3) is 0 Å². The van der Waals surface area contributed by atoms with Gasteiger partial charge in [0, 0.05) is 24.2 Å². The molecule has 0 fully saturated rings. The second-order valence-electron chi connectivity index (χ2n) is 9.06. The van der Waals surface area contributed by atoms with Crippen LogP contribution in [0.4, 0.5) is 10.1 Å². The fraction of sp³-hybridized carbons (Fsp3) is 0.148. The summed E-state index contributed by atoms with van der Waals surface area (Å²) in [5, 5.41) is 16.5. The summed E-state index contributed by atoms with van der Waals surface area (Å²) < 4.78 is 40.5. The van der Waals surface area contributed by atoms with E-state index in [4.69, 9.17) is 0 Å². The molecule has 40 heavy (non-hydrogen) atoms. The van der Waals surface area contributed by atoms with E-state index in [0.717, 1.165) is 17.7 Å². The van der Waals surface area contributed by atoms with Gasteiger partial charge in [0.1, 0.15) is 36.1 Å². The maximum atomic E-state index is 13.5. The first kappa shape index (κ1) is 27.1. The SMILES string of the molecule is Cc1cc(CNC(=O)c2cc(C(=O)NC3C[NH+](S(=O)(=O)c4cccs4)c4cc(C#N)ccc43)ncn2)ccc1F. The lowest BCUT2D eigenvalue weighted by molar-refractivity contribution is -0.684. The number of quaternary nitrogens is 1. The highest BCUT2D eigenvalue weighted by Crippen LogP contribution is 2.28. The van der Waals surface area contributed by atoms with Gasteiger partial charge in [-0.15, -0.1) is 11.3 Å². The van der Waals surface area contributed by atoms with Crippen LogP contribution >= 0.6 is 11.3 Å². The number of nitriles is 1. The van der Waals surface area contributed by atoms with Crippen LogP contribution in [-0.2, 0) is 16.6 Å². The third kappa shape index (κ3) is 5.32. The van der Waals surface area contributed by atoms with Gasteiger partial charge in [-0.25, -0.2) is 14.4 Å². The van der Waals surface area contributed by atoms with Gasteiger partial charge in [0.25, 0.3) is 11.8 Å². The van der Waals surface area contributed by atoms with Crippen LogP contribution in [0.5, 0.6) is 0 Å². The van der Waals surface area contributed by atoms with Crippen molar-refractivity contribution in [1.82, 2.24) is 20.6 Å². The molecule has 202 valence electrons. The van der Waals surface area contributed by atoms with Gasteiger partial charge < -0.3 is 10.6 Å². The van der Waals surface area contributed by atoms with Crippen LogP contribution in [-0.4, -0.2) is 36.7 Å². The monoisotopic (exact) mass is 577 g/mol. The number of hydrogen-bond acceptors (Lipinski definition) is 8. The summed E-state index contributed by atoms with van der Waals surface area (Å²) in [6.45, 7) is 1.75. The molecule has 0 aliphatic carbocycles. The van der Waals surface area contributed by atoms with Crippen molar-refractivity contribution >= 4 is 38.9 Å². The zero-order valence-electron chi connectivity index (χ0n) is 21.0. The number of carbonyl (C=O) groups is 2. The Labute approximate surface area is 233 Å². The van der Waals surface area contributed by atoms with Crippen molar-refractivity contribution in [3.05, 3.63) is 106 Å². The van der Waals surface area contributed by atoms with Gasteiger partial charge in [0.2, 0.25) is 0 Å². The van der Waals surface area contributed by atoms with Gasteiger partial charge in [0.05, 0.1) is 11.6 Å². The van der Waals surface area contributed by atoms with E-state index in [-0.39, 0.29) is 38.8 Å². The minimum Gasteiger partial charge on any atom is -0.347 e. The third-order valence-corrected chi connectivity index (χ3v) is 9.75. The van der Waals surface area contributed by atoms with Crippen LogP contribution in [0.15, 0.2) is 70.5 Å². The molecule has 0 bridgehead atoms. The Morgan fingerprint density at radius 1 is 1.12 bits per heavy atom. The molecule has 2 unspecified atom stereocenters. The lowest BCUT2D eigenvalue weighted by atomic mass is 10.1. The van der Waals surface area contributed by atoms with Gasteiger partial charge in [-0.1, -0.05) is 12.1 Å². The van der Waals surface area contributed by atoms with E-state index < -0.39 is 27.9 Å². The molecule has 10 nitrogen and oxygen atoms in total. The Balaban J connectivity index is 1.34. The topological polar surface area (TPSA) is 146 Å². The van der Waals surface area contributed by atoms with E-state index in [9.17, 15) is 27.7 Å². The van der Waals surface area contributed by atoms with E-state index in [1.165, 1.54) is 24.3 Å². The first-order valence-corrected chi connectivity index (χ1v) is 14.4. The Morgan fingerprint density at radius 2 is 1.90 bits per heavy atom.